The van der Waals surface area contributed by atoms with Crippen molar-refractivity contribution >= 4 is 50.2 Å². The SMILES string of the molecule is CC(C)n1c(O[C@@H]2C[C@H]3C(=O)N[C@]4(C(=O)NS(=O)(=O)C5(C)CC5)C[C@H]4C=CCCCCC[C@H](Nc4ccccc4)C(=O)N3C2)nc2c(N)cccc21. The van der Waals surface area contributed by atoms with E-state index in [0.717, 1.165) is 36.9 Å². The van der Waals surface area contributed by atoms with Gasteiger partial charge < -0.3 is 26.0 Å². The van der Waals surface area contributed by atoms with E-state index in [4.69, 9.17) is 15.5 Å². The van der Waals surface area contributed by atoms with Gasteiger partial charge in [0.25, 0.3) is 11.9 Å². The van der Waals surface area contributed by atoms with Gasteiger partial charge in [-0.15, -0.1) is 0 Å². The third kappa shape index (κ3) is 6.84. The molecule has 0 spiro atoms. The first-order valence-corrected chi connectivity index (χ1v) is 19.9. The number of rotatable bonds is 8. The van der Waals surface area contributed by atoms with Crippen molar-refractivity contribution in [2.75, 3.05) is 17.6 Å². The van der Waals surface area contributed by atoms with Gasteiger partial charge in [-0.05, 0) is 83.6 Å². The predicted octanol–water partition coefficient (Wildman–Crippen LogP) is 4.42. The van der Waals surface area contributed by atoms with Crippen LogP contribution in [0.4, 0.5) is 11.4 Å². The molecule has 13 nitrogen and oxygen atoms in total. The molecular weight excluding hydrogens is 683 g/mol. The van der Waals surface area contributed by atoms with E-state index in [1.54, 1.807) is 17.9 Å². The van der Waals surface area contributed by atoms with E-state index in [9.17, 15) is 22.8 Å². The number of benzene rings is 2. The molecule has 2 saturated carbocycles. The standard InChI is InChI=1S/C38H49N7O6S/c1-24(2)45-30-18-12-16-28(39)32(30)41-36(45)51-27-21-31-33(46)42-38(35(48)43-52(49,50)37(3)19-20-37)22-25(38)13-8-5-4-6-11-17-29(34(47)44(31)23-27)40-26-14-9-7-10-15-26/h7-10,12-16,18,24-25,27,29,31,40H,4-6,11,17,19-23,39H2,1-3H3,(H,42,46)(H,43,48)/t25-,27-,29+,31+,38-/m1/s1. The van der Waals surface area contributed by atoms with Crippen LogP contribution in [0.5, 0.6) is 6.01 Å². The summed E-state index contributed by atoms with van der Waals surface area (Å²) in [5.41, 5.74) is 7.55. The van der Waals surface area contributed by atoms with Crippen molar-refractivity contribution in [3.05, 3.63) is 60.7 Å². The number of carbonyl (C=O) groups is 3. The molecule has 278 valence electrons. The average molecular weight is 732 g/mol. The molecule has 5 N–H and O–H groups in total. The van der Waals surface area contributed by atoms with E-state index < -0.39 is 50.3 Å². The summed E-state index contributed by atoms with van der Waals surface area (Å²) in [5, 5.41) is 6.37. The van der Waals surface area contributed by atoms with Crippen molar-refractivity contribution in [1.82, 2.24) is 24.5 Å². The number of ether oxygens (including phenoxy) is 1. The number of hydrogen-bond acceptors (Lipinski definition) is 9. The highest BCUT2D eigenvalue weighted by Gasteiger charge is 2.63. The van der Waals surface area contributed by atoms with Gasteiger partial charge in [0, 0.05) is 24.1 Å². The van der Waals surface area contributed by atoms with E-state index in [1.807, 2.05) is 73.0 Å². The molecule has 2 aliphatic heterocycles. The smallest absolute Gasteiger partial charge is 0.298 e. The van der Waals surface area contributed by atoms with Gasteiger partial charge in [0.2, 0.25) is 21.8 Å². The third-order valence-electron chi connectivity index (χ3n) is 11.1. The summed E-state index contributed by atoms with van der Waals surface area (Å²) in [6.45, 7) is 5.75. The van der Waals surface area contributed by atoms with Crippen LogP contribution in [0.1, 0.15) is 84.6 Å². The number of anilines is 2. The Morgan fingerprint density at radius 3 is 2.58 bits per heavy atom. The molecule has 5 atom stereocenters. The minimum absolute atomic E-state index is 0.0227. The molecular formula is C38H49N7O6S. The zero-order valence-electron chi connectivity index (χ0n) is 30.0. The lowest BCUT2D eigenvalue weighted by Gasteiger charge is -2.30. The number of carbonyl (C=O) groups excluding carboxylic acids is 3. The van der Waals surface area contributed by atoms with Crippen LogP contribution in [-0.2, 0) is 24.4 Å². The van der Waals surface area contributed by atoms with Gasteiger partial charge in [-0.1, -0.05) is 49.3 Å². The van der Waals surface area contributed by atoms with Gasteiger partial charge >= 0.3 is 0 Å². The summed E-state index contributed by atoms with van der Waals surface area (Å²) in [4.78, 5) is 49.2. The van der Waals surface area contributed by atoms with Crippen molar-refractivity contribution in [3.8, 4) is 6.01 Å². The first-order chi connectivity index (χ1) is 24.8. The molecule has 0 unspecified atom stereocenters. The second kappa shape index (κ2) is 13.8. The van der Waals surface area contributed by atoms with Gasteiger partial charge in [0.15, 0.2) is 0 Å². The van der Waals surface area contributed by atoms with E-state index in [-0.39, 0.29) is 37.3 Å². The Hall–Kier alpha value is -4.59. The fraction of sp³-hybridized carbons (Fsp3) is 0.526. The number of para-hydroxylation sites is 2. The second-order valence-corrected chi connectivity index (χ2v) is 17.5. The lowest BCUT2D eigenvalue weighted by molar-refractivity contribution is -0.140. The molecule has 0 radical (unpaired) electrons. The Morgan fingerprint density at radius 1 is 1.08 bits per heavy atom. The lowest BCUT2D eigenvalue weighted by atomic mass is 10.0. The number of sulfonamides is 1. The first-order valence-electron chi connectivity index (χ1n) is 18.4. The van der Waals surface area contributed by atoms with Crippen molar-refractivity contribution in [2.45, 2.75) is 113 Å². The Morgan fingerprint density at radius 2 is 1.85 bits per heavy atom. The van der Waals surface area contributed by atoms with Crippen molar-refractivity contribution in [1.29, 1.82) is 0 Å². The maximum absolute atomic E-state index is 14.6. The Bertz CT molecular complexity index is 1990. The highest BCUT2D eigenvalue weighted by molar-refractivity contribution is 7.91. The monoisotopic (exact) mass is 731 g/mol. The number of allylic oxidation sites excluding steroid dienone is 1. The van der Waals surface area contributed by atoms with E-state index in [2.05, 4.69) is 15.4 Å². The van der Waals surface area contributed by atoms with Crippen molar-refractivity contribution in [2.24, 2.45) is 5.92 Å². The van der Waals surface area contributed by atoms with Crippen LogP contribution in [0.15, 0.2) is 60.7 Å². The fourth-order valence-corrected chi connectivity index (χ4v) is 8.84. The zero-order chi connectivity index (χ0) is 36.8. The normalized spacial score (nSPS) is 27.6. The lowest BCUT2D eigenvalue weighted by Crippen LogP contribution is -2.58. The molecule has 4 aliphatic rings. The third-order valence-corrected chi connectivity index (χ3v) is 13.3. The number of nitrogen functional groups attached to an aromatic ring is 1. The Labute approximate surface area is 304 Å². The van der Waals surface area contributed by atoms with Crippen LogP contribution in [0.2, 0.25) is 0 Å². The van der Waals surface area contributed by atoms with Crippen LogP contribution in [0.3, 0.4) is 0 Å². The summed E-state index contributed by atoms with van der Waals surface area (Å²) < 4.78 is 36.1. The highest BCUT2D eigenvalue weighted by atomic mass is 32.2. The highest BCUT2D eigenvalue weighted by Crippen LogP contribution is 2.47. The number of nitrogens with one attached hydrogen (secondary N) is 3. The molecule has 3 amide bonds. The number of aromatic nitrogens is 2. The molecule has 2 aliphatic carbocycles. The van der Waals surface area contributed by atoms with Crippen molar-refractivity contribution in [3.63, 3.8) is 0 Å². The molecule has 0 bridgehead atoms. The second-order valence-electron chi connectivity index (χ2n) is 15.3. The van der Waals surface area contributed by atoms with Crippen molar-refractivity contribution < 1.29 is 27.5 Å². The summed E-state index contributed by atoms with van der Waals surface area (Å²) in [6, 6.07) is 13.8. The molecule has 2 aromatic carbocycles. The molecule has 7 rings (SSSR count). The maximum atomic E-state index is 14.6. The average Bonchev–Trinajstić information content (AvgIpc) is 3.92. The number of imidazole rings is 1. The summed E-state index contributed by atoms with van der Waals surface area (Å²) >= 11 is 0. The van der Waals surface area contributed by atoms with Gasteiger partial charge in [0.1, 0.15) is 29.2 Å². The largest absolute Gasteiger partial charge is 0.459 e. The summed E-state index contributed by atoms with van der Waals surface area (Å²) in [5.74, 6) is -1.91. The van der Waals surface area contributed by atoms with Crippen LogP contribution in [-0.4, -0.2) is 75.6 Å². The Kier molecular flexibility index (Phi) is 9.47. The van der Waals surface area contributed by atoms with Crippen LogP contribution in [0.25, 0.3) is 11.0 Å². The van der Waals surface area contributed by atoms with E-state index >= 15 is 0 Å². The summed E-state index contributed by atoms with van der Waals surface area (Å²) in [6.07, 6.45) is 8.53. The topological polar surface area (TPSA) is 178 Å². The zero-order valence-corrected chi connectivity index (χ0v) is 30.8. The quantitative estimate of drug-likeness (QED) is 0.193. The Balaban J connectivity index is 1.21. The summed E-state index contributed by atoms with van der Waals surface area (Å²) in [7, 11) is -3.95. The molecule has 1 saturated heterocycles. The first kappa shape index (κ1) is 35.8. The number of hydrogen-bond donors (Lipinski definition) is 4. The molecule has 3 aromatic rings. The maximum Gasteiger partial charge on any atom is 0.298 e. The van der Waals surface area contributed by atoms with Gasteiger partial charge in [0.05, 0.1) is 22.5 Å². The molecule has 3 heterocycles. The van der Waals surface area contributed by atoms with Gasteiger partial charge in [-0.2, -0.15) is 4.98 Å². The number of amides is 3. The van der Waals surface area contributed by atoms with E-state index in [1.165, 1.54) is 0 Å². The van der Waals surface area contributed by atoms with Crippen LogP contribution >= 0.6 is 0 Å². The number of nitrogens with zero attached hydrogens (tertiary/aromatic N) is 3. The number of nitrogens with two attached hydrogens (primary N) is 1. The number of fused-ring (bicyclic) bond motifs is 3. The molecule has 14 heteroatoms. The van der Waals surface area contributed by atoms with E-state index in [0.29, 0.717) is 36.5 Å². The molecule has 3 fully saturated rings. The fourth-order valence-electron chi connectivity index (χ4n) is 7.53. The molecule has 52 heavy (non-hydrogen) atoms. The van der Waals surface area contributed by atoms with Crippen LogP contribution in [0, 0.1) is 5.92 Å². The minimum atomic E-state index is -3.95. The van der Waals surface area contributed by atoms with Gasteiger partial charge in [-0.3, -0.25) is 23.7 Å². The minimum Gasteiger partial charge on any atom is -0.459 e. The molecule has 1 aromatic heterocycles. The predicted molar refractivity (Wildman–Crippen MR) is 199 cm³/mol. The van der Waals surface area contributed by atoms with Crippen LogP contribution < -0.4 is 25.8 Å². The van der Waals surface area contributed by atoms with Gasteiger partial charge in [-0.25, -0.2) is 8.42 Å².